The molecule has 0 spiro atoms. The van der Waals surface area contributed by atoms with Crippen LogP contribution in [0.2, 0.25) is 0 Å². The average Bonchev–Trinajstić information content (AvgIpc) is 2.64. The topological polar surface area (TPSA) is 75.5 Å². The molecule has 2 aromatic rings. The minimum atomic E-state index is -0.406. The lowest BCUT2D eigenvalue weighted by Gasteiger charge is -2.28. The summed E-state index contributed by atoms with van der Waals surface area (Å²) in [6.45, 7) is 5.44. The van der Waals surface area contributed by atoms with Crippen molar-refractivity contribution in [1.29, 1.82) is 0 Å². The van der Waals surface area contributed by atoms with Crippen LogP contribution in [0.15, 0.2) is 34.8 Å². The van der Waals surface area contributed by atoms with E-state index < -0.39 is 4.92 Å². The van der Waals surface area contributed by atoms with E-state index in [0.29, 0.717) is 5.69 Å². The van der Waals surface area contributed by atoms with E-state index >= 15 is 0 Å². The normalized spacial score (nSPS) is 14.1. The van der Waals surface area contributed by atoms with Gasteiger partial charge < -0.3 is 10.2 Å². The first-order valence-electron chi connectivity index (χ1n) is 8.98. The zero-order valence-corrected chi connectivity index (χ0v) is 17.0. The van der Waals surface area contributed by atoms with Crippen molar-refractivity contribution in [2.75, 3.05) is 23.3 Å². The predicted molar refractivity (Wildman–Crippen MR) is 111 cm³/mol. The molecule has 0 atom stereocenters. The third-order valence-corrected chi connectivity index (χ3v) is 5.32. The molecule has 1 fully saturated rings. The van der Waals surface area contributed by atoms with Crippen molar-refractivity contribution in [2.45, 2.75) is 33.1 Å². The van der Waals surface area contributed by atoms with Gasteiger partial charge in [0.15, 0.2) is 0 Å². The second-order valence-electron chi connectivity index (χ2n) is 6.88. The van der Waals surface area contributed by atoms with E-state index in [1.54, 1.807) is 12.1 Å². The summed E-state index contributed by atoms with van der Waals surface area (Å²) in [4.78, 5) is 25.9. The summed E-state index contributed by atoms with van der Waals surface area (Å²) in [6.07, 6.45) is 3.21. The predicted octanol–water partition coefficient (Wildman–Crippen LogP) is 5.22. The van der Waals surface area contributed by atoms with Gasteiger partial charge in [-0.05, 0) is 68.5 Å². The summed E-state index contributed by atoms with van der Waals surface area (Å²) < 4.78 is 0.942. The maximum absolute atomic E-state index is 12.7. The van der Waals surface area contributed by atoms with Gasteiger partial charge in [-0.2, -0.15) is 0 Å². The molecule has 2 aromatic carbocycles. The van der Waals surface area contributed by atoms with Crippen LogP contribution < -0.4 is 10.2 Å². The number of hydrogen-bond acceptors (Lipinski definition) is 4. The van der Waals surface area contributed by atoms with Crippen LogP contribution in [-0.2, 0) is 0 Å². The van der Waals surface area contributed by atoms with Crippen LogP contribution in [0.3, 0.4) is 0 Å². The van der Waals surface area contributed by atoms with Gasteiger partial charge in [-0.25, -0.2) is 0 Å². The molecule has 6 nitrogen and oxygen atoms in total. The average molecular weight is 432 g/mol. The Morgan fingerprint density at radius 3 is 2.33 bits per heavy atom. The van der Waals surface area contributed by atoms with Gasteiger partial charge in [0.2, 0.25) is 0 Å². The molecule has 142 valence electrons. The third kappa shape index (κ3) is 4.30. The number of nitro benzene ring substituents is 1. The quantitative estimate of drug-likeness (QED) is 0.531. The summed E-state index contributed by atoms with van der Waals surface area (Å²) in [7, 11) is 0. The van der Waals surface area contributed by atoms with Gasteiger partial charge in [-0.15, -0.1) is 0 Å². The van der Waals surface area contributed by atoms with Crippen LogP contribution in [0.4, 0.5) is 17.1 Å². The number of nitrogens with zero attached hydrogens (tertiary/aromatic N) is 2. The van der Waals surface area contributed by atoms with Crippen molar-refractivity contribution in [3.05, 3.63) is 61.6 Å². The van der Waals surface area contributed by atoms with E-state index in [9.17, 15) is 14.9 Å². The number of piperidine rings is 1. The lowest BCUT2D eigenvalue weighted by molar-refractivity contribution is -0.384. The van der Waals surface area contributed by atoms with Crippen molar-refractivity contribution < 1.29 is 9.72 Å². The lowest BCUT2D eigenvalue weighted by Crippen LogP contribution is -2.30. The molecule has 1 heterocycles. The van der Waals surface area contributed by atoms with Crippen LogP contribution in [-0.4, -0.2) is 23.9 Å². The number of amides is 1. The van der Waals surface area contributed by atoms with Gasteiger partial charge in [0.25, 0.3) is 11.6 Å². The summed E-state index contributed by atoms with van der Waals surface area (Å²) in [5.74, 6) is -0.350. The first-order valence-corrected chi connectivity index (χ1v) is 9.77. The van der Waals surface area contributed by atoms with Crippen LogP contribution in [0.1, 0.15) is 40.7 Å². The molecule has 27 heavy (non-hydrogen) atoms. The number of carbonyl (C=O) groups is 1. The molecule has 0 radical (unpaired) electrons. The Morgan fingerprint density at radius 2 is 1.74 bits per heavy atom. The monoisotopic (exact) mass is 431 g/mol. The van der Waals surface area contributed by atoms with Crippen LogP contribution in [0.5, 0.6) is 0 Å². The first kappa shape index (κ1) is 19.4. The summed E-state index contributed by atoms with van der Waals surface area (Å²) in [5.41, 5.74) is 3.43. The fourth-order valence-electron chi connectivity index (χ4n) is 3.51. The number of anilines is 2. The second-order valence-corrected chi connectivity index (χ2v) is 7.79. The van der Waals surface area contributed by atoms with Crippen molar-refractivity contribution in [3.8, 4) is 0 Å². The molecule has 7 heteroatoms. The molecule has 0 aliphatic carbocycles. The number of benzene rings is 2. The van der Waals surface area contributed by atoms with Crippen LogP contribution in [0.25, 0.3) is 0 Å². The highest BCUT2D eigenvalue weighted by atomic mass is 79.9. The van der Waals surface area contributed by atoms with E-state index in [0.717, 1.165) is 53.6 Å². The molecule has 0 unspecified atom stereocenters. The highest BCUT2D eigenvalue weighted by Gasteiger charge is 2.23. The number of rotatable bonds is 4. The molecular formula is C20H22BrN3O3. The summed E-state index contributed by atoms with van der Waals surface area (Å²) in [6, 6.07) is 8.58. The van der Waals surface area contributed by atoms with Crippen molar-refractivity contribution >= 4 is 38.9 Å². The molecular weight excluding hydrogens is 410 g/mol. The SMILES string of the molecule is Cc1cc(Br)cc(C)c1NC(=O)c1ccc(N2CCCCC2)c([N+](=O)[O-])c1. The number of nitro groups is 1. The molecule has 1 amide bonds. The highest BCUT2D eigenvalue weighted by Crippen LogP contribution is 2.32. The Balaban J connectivity index is 1.89. The molecule has 0 saturated carbocycles. The first-order chi connectivity index (χ1) is 12.9. The Kier molecular flexibility index (Phi) is 5.79. The van der Waals surface area contributed by atoms with E-state index in [2.05, 4.69) is 21.2 Å². The Bertz CT molecular complexity index is 869. The van der Waals surface area contributed by atoms with Crippen molar-refractivity contribution in [3.63, 3.8) is 0 Å². The molecule has 1 aliphatic heterocycles. The van der Waals surface area contributed by atoms with Crippen molar-refractivity contribution in [2.24, 2.45) is 0 Å². The lowest BCUT2D eigenvalue weighted by atomic mass is 10.1. The maximum Gasteiger partial charge on any atom is 0.293 e. The van der Waals surface area contributed by atoms with Crippen LogP contribution in [0, 0.1) is 24.0 Å². The number of carbonyl (C=O) groups excluding carboxylic acids is 1. The smallest absolute Gasteiger partial charge is 0.293 e. The zero-order valence-electron chi connectivity index (χ0n) is 15.4. The van der Waals surface area contributed by atoms with E-state index in [1.165, 1.54) is 6.07 Å². The number of halogens is 1. The molecule has 1 saturated heterocycles. The number of aryl methyl sites for hydroxylation is 2. The standard InChI is InChI=1S/C20H22BrN3O3/c1-13-10-16(21)11-14(2)19(13)22-20(25)15-6-7-17(18(12-15)24(26)27)23-8-4-3-5-9-23/h6-7,10-12H,3-5,8-9H2,1-2H3,(H,22,25). The van der Waals surface area contributed by atoms with Gasteiger partial charge in [-0.3, -0.25) is 14.9 Å². The Labute approximate surface area is 166 Å². The zero-order chi connectivity index (χ0) is 19.6. The fourth-order valence-corrected chi connectivity index (χ4v) is 4.19. The minimum Gasteiger partial charge on any atom is -0.366 e. The highest BCUT2D eigenvalue weighted by molar-refractivity contribution is 9.10. The second kappa shape index (κ2) is 8.08. The Hall–Kier alpha value is -2.41. The minimum absolute atomic E-state index is 0.0196. The third-order valence-electron chi connectivity index (χ3n) is 4.87. The van der Waals surface area contributed by atoms with E-state index in [4.69, 9.17) is 0 Å². The summed E-state index contributed by atoms with van der Waals surface area (Å²) in [5, 5.41) is 14.5. The van der Waals surface area contributed by atoms with E-state index in [1.807, 2.05) is 30.9 Å². The molecule has 0 aromatic heterocycles. The number of nitrogens with one attached hydrogen (secondary N) is 1. The van der Waals surface area contributed by atoms with Crippen LogP contribution >= 0.6 is 15.9 Å². The Morgan fingerprint density at radius 1 is 1.11 bits per heavy atom. The van der Waals surface area contributed by atoms with E-state index in [-0.39, 0.29) is 17.2 Å². The van der Waals surface area contributed by atoms with Gasteiger partial charge in [0.05, 0.1) is 4.92 Å². The van der Waals surface area contributed by atoms with Gasteiger partial charge in [0.1, 0.15) is 5.69 Å². The van der Waals surface area contributed by atoms with Crippen molar-refractivity contribution in [1.82, 2.24) is 0 Å². The molecule has 3 rings (SSSR count). The molecule has 0 bridgehead atoms. The van der Waals surface area contributed by atoms with Gasteiger partial charge >= 0.3 is 0 Å². The van der Waals surface area contributed by atoms with Gasteiger partial charge in [0, 0.05) is 34.9 Å². The summed E-state index contributed by atoms with van der Waals surface area (Å²) >= 11 is 3.44. The van der Waals surface area contributed by atoms with Gasteiger partial charge in [-0.1, -0.05) is 15.9 Å². The molecule has 1 N–H and O–H groups in total. The number of hydrogen-bond donors (Lipinski definition) is 1. The molecule has 1 aliphatic rings. The fraction of sp³-hybridized carbons (Fsp3) is 0.350. The maximum atomic E-state index is 12.7. The largest absolute Gasteiger partial charge is 0.366 e.